The van der Waals surface area contributed by atoms with Gasteiger partial charge in [0.25, 0.3) is 0 Å². The van der Waals surface area contributed by atoms with Crippen LogP contribution in [-0.4, -0.2) is 12.6 Å². The molecule has 0 aromatic heterocycles. The molecule has 0 N–H and O–H groups in total. The van der Waals surface area contributed by atoms with Gasteiger partial charge in [0, 0.05) is 33.4 Å². The first-order valence-corrected chi connectivity index (χ1v) is 11.7. The van der Waals surface area contributed by atoms with Gasteiger partial charge in [0.05, 0.1) is 0 Å². The van der Waals surface area contributed by atoms with E-state index in [1.165, 1.54) is 19.6 Å². The molecule has 4 nitrogen and oxygen atoms in total. The first-order valence-electron chi connectivity index (χ1n) is 7.37. The minimum absolute atomic E-state index is 0.222. The first-order chi connectivity index (χ1) is 11.7. The van der Waals surface area contributed by atoms with E-state index in [1.807, 2.05) is 13.8 Å². The summed E-state index contributed by atoms with van der Waals surface area (Å²) in [5.74, 6) is 3.28. The van der Waals surface area contributed by atoms with Crippen LogP contribution in [0.5, 0.6) is 23.0 Å². The highest BCUT2D eigenvalue weighted by Crippen LogP contribution is 2.57. The molecule has 0 aliphatic carbocycles. The molecule has 0 radical (unpaired) electrons. The van der Waals surface area contributed by atoms with E-state index in [2.05, 4.69) is 24.3 Å². The van der Waals surface area contributed by atoms with Crippen LogP contribution in [0.4, 0.5) is 0 Å². The van der Waals surface area contributed by atoms with Crippen LogP contribution in [0.2, 0.25) is 0 Å². The summed E-state index contributed by atoms with van der Waals surface area (Å²) in [5, 5.41) is 0. The van der Waals surface area contributed by atoms with Crippen LogP contribution in [0, 0.1) is 0 Å². The van der Waals surface area contributed by atoms with Crippen molar-refractivity contribution in [3.05, 3.63) is 24.3 Å². The van der Waals surface area contributed by atoms with Gasteiger partial charge in [-0.3, -0.25) is 0 Å². The average molecular weight is 397 g/mol. The Morgan fingerprint density at radius 2 is 0.792 bits per heavy atom. The summed E-state index contributed by atoms with van der Waals surface area (Å²) in [4.78, 5) is 4.74. The smallest absolute Gasteiger partial charge is 0.238 e. The van der Waals surface area contributed by atoms with E-state index in [1.54, 1.807) is 43.2 Å². The molecule has 2 aromatic rings. The molecule has 0 atom stereocenters. The Bertz CT molecular complexity index is 706. The molecule has 124 valence electrons. The van der Waals surface area contributed by atoms with E-state index >= 15 is 0 Å². The Balaban J connectivity index is 1.49. The topological polar surface area (TPSA) is 36.9 Å². The Labute approximate surface area is 155 Å². The third-order valence-electron chi connectivity index (χ3n) is 3.63. The van der Waals surface area contributed by atoms with E-state index < -0.39 is 0 Å². The van der Waals surface area contributed by atoms with Gasteiger partial charge in [0.1, 0.15) is 0 Å². The number of fused-ring (bicyclic) bond motifs is 4. The summed E-state index contributed by atoms with van der Waals surface area (Å²) in [6.45, 7) is 3.80. The first kappa shape index (κ1) is 15.3. The zero-order chi connectivity index (χ0) is 16.3. The van der Waals surface area contributed by atoms with Gasteiger partial charge in [0.15, 0.2) is 23.0 Å². The third-order valence-corrected chi connectivity index (χ3v) is 8.78. The lowest BCUT2D eigenvalue weighted by molar-refractivity contribution is 0.0673. The number of rotatable bonds is 0. The molecule has 0 unspecified atom stereocenters. The fourth-order valence-corrected chi connectivity index (χ4v) is 8.03. The highest BCUT2D eigenvalue weighted by atomic mass is 33.1. The van der Waals surface area contributed by atoms with E-state index in [9.17, 15) is 0 Å². The van der Waals surface area contributed by atoms with Gasteiger partial charge in [-0.25, -0.2) is 0 Å². The lowest BCUT2D eigenvalue weighted by Gasteiger charge is -2.15. The summed E-state index contributed by atoms with van der Waals surface area (Å²) < 4.78 is 22.8. The highest BCUT2D eigenvalue weighted by molar-refractivity contribution is 8.79. The van der Waals surface area contributed by atoms with Crippen molar-refractivity contribution in [3.8, 4) is 23.0 Å². The minimum atomic E-state index is -0.222. The highest BCUT2D eigenvalue weighted by Gasteiger charge is 2.27. The number of ether oxygens (including phenoxy) is 4. The summed E-state index contributed by atoms with van der Waals surface area (Å²) >= 11 is 0. The van der Waals surface area contributed by atoms with Crippen molar-refractivity contribution in [2.75, 3.05) is 0 Å². The van der Waals surface area contributed by atoms with Gasteiger partial charge < -0.3 is 18.9 Å². The van der Waals surface area contributed by atoms with Crippen molar-refractivity contribution < 1.29 is 18.9 Å². The molecule has 0 bridgehead atoms. The average Bonchev–Trinajstić information content (AvgIpc) is 3.07. The molecule has 8 heteroatoms. The zero-order valence-corrected chi connectivity index (χ0v) is 16.0. The molecule has 24 heavy (non-hydrogen) atoms. The molecule has 2 aromatic carbocycles. The number of hydrogen-bond acceptors (Lipinski definition) is 8. The van der Waals surface area contributed by atoms with Gasteiger partial charge in [-0.05, 0) is 24.3 Å². The Hall–Kier alpha value is -0.960. The second-order valence-electron chi connectivity index (χ2n) is 5.43. The van der Waals surface area contributed by atoms with E-state index in [4.69, 9.17) is 18.9 Å². The SMILES string of the molecule is CC1Oc2cc3c(cc2O1)SSc1cc2c(cc1SS3)OC(C)O2. The summed E-state index contributed by atoms with van der Waals surface area (Å²) in [7, 11) is 6.92. The Morgan fingerprint density at radius 1 is 0.542 bits per heavy atom. The normalized spacial score (nSPS) is 18.8. The largest absolute Gasteiger partial charge is 0.451 e. The molecule has 5 rings (SSSR count). The summed E-state index contributed by atoms with van der Waals surface area (Å²) in [6.07, 6.45) is -0.444. The van der Waals surface area contributed by atoms with Gasteiger partial charge in [0.2, 0.25) is 12.6 Å². The molecule has 3 aliphatic heterocycles. The second kappa shape index (κ2) is 5.79. The maximum absolute atomic E-state index is 5.69. The van der Waals surface area contributed by atoms with Gasteiger partial charge >= 0.3 is 0 Å². The monoisotopic (exact) mass is 396 g/mol. The number of hydrogen-bond donors (Lipinski definition) is 0. The van der Waals surface area contributed by atoms with Crippen LogP contribution in [0.25, 0.3) is 0 Å². The predicted octanol–water partition coefficient (Wildman–Crippen LogP) is 5.83. The minimum Gasteiger partial charge on any atom is -0.451 e. The quantitative estimate of drug-likeness (QED) is 0.515. The second-order valence-corrected chi connectivity index (χ2v) is 9.86. The van der Waals surface area contributed by atoms with Crippen LogP contribution >= 0.6 is 43.2 Å². The van der Waals surface area contributed by atoms with Gasteiger partial charge in [-0.1, -0.05) is 43.2 Å². The molecule has 0 amide bonds. The molecular formula is C16H12O4S4. The maximum atomic E-state index is 5.69. The van der Waals surface area contributed by atoms with Crippen molar-refractivity contribution in [2.24, 2.45) is 0 Å². The maximum Gasteiger partial charge on any atom is 0.238 e. The summed E-state index contributed by atoms with van der Waals surface area (Å²) in [6, 6.07) is 8.28. The molecule has 0 spiro atoms. The predicted molar refractivity (Wildman–Crippen MR) is 97.7 cm³/mol. The van der Waals surface area contributed by atoms with Crippen LogP contribution in [-0.2, 0) is 0 Å². The molecule has 0 fully saturated rings. The Morgan fingerprint density at radius 3 is 1.04 bits per heavy atom. The zero-order valence-electron chi connectivity index (χ0n) is 12.7. The molecule has 0 saturated heterocycles. The van der Waals surface area contributed by atoms with Crippen LogP contribution in [0.3, 0.4) is 0 Å². The van der Waals surface area contributed by atoms with Crippen LogP contribution < -0.4 is 18.9 Å². The Kier molecular flexibility index (Phi) is 3.69. The van der Waals surface area contributed by atoms with E-state index in [0.717, 1.165) is 23.0 Å². The van der Waals surface area contributed by atoms with Crippen molar-refractivity contribution in [3.63, 3.8) is 0 Å². The van der Waals surface area contributed by atoms with Crippen molar-refractivity contribution in [1.82, 2.24) is 0 Å². The molecule has 3 aliphatic rings. The lowest BCUT2D eigenvalue weighted by Crippen LogP contribution is -2.11. The van der Waals surface area contributed by atoms with E-state index in [-0.39, 0.29) is 12.6 Å². The fraction of sp³-hybridized carbons (Fsp3) is 0.250. The summed E-state index contributed by atoms with van der Waals surface area (Å²) in [5.41, 5.74) is 0. The molecular weight excluding hydrogens is 384 g/mol. The fourth-order valence-electron chi connectivity index (χ4n) is 2.62. The number of benzene rings is 2. The van der Waals surface area contributed by atoms with Crippen LogP contribution in [0.1, 0.15) is 13.8 Å². The van der Waals surface area contributed by atoms with E-state index in [0.29, 0.717) is 0 Å². The lowest BCUT2D eigenvalue weighted by atomic mass is 10.3. The van der Waals surface area contributed by atoms with Gasteiger partial charge in [-0.15, -0.1) is 0 Å². The molecule has 0 saturated carbocycles. The van der Waals surface area contributed by atoms with Crippen LogP contribution in [0.15, 0.2) is 43.8 Å². The third kappa shape index (κ3) is 2.60. The van der Waals surface area contributed by atoms with Crippen molar-refractivity contribution >= 4 is 43.2 Å². The van der Waals surface area contributed by atoms with Crippen molar-refractivity contribution in [1.29, 1.82) is 0 Å². The van der Waals surface area contributed by atoms with Crippen molar-refractivity contribution in [2.45, 2.75) is 46.0 Å². The standard InChI is InChI=1S/C16H12O4S4/c1-7-17-9-3-13-14(4-10(9)18-7)22-24-16-6-12-11(19-8(2)20-12)5-15(16)23-21-13/h3-8H,1-2H3. The molecule has 3 heterocycles. The van der Waals surface area contributed by atoms with Gasteiger partial charge in [-0.2, -0.15) is 0 Å².